The van der Waals surface area contributed by atoms with Crippen LogP contribution in [0.3, 0.4) is 0 Å². The van der Waals surface area contributed by atoms with Crippen molar-refractivity contribution in [1.29, 1.82) is 0 Å². The van der Waals surface area contributed by atoms with Gasteiger partial charge in [-0.05, 0) is 37.1 Å². The maximum Gasteiger partial charge on any atom is 0.372 e. The summed E-state index contributed by atoms with van der Waals surface area (Å²) in [6, 6.07) is 9.28. The molecular weight excluding hydrogens is 282 g/mol. The monoisotopic (exact) mass is 300 g/mol. The smallest absolute Gasteiger partial charge is 0.372 e. The van der Waals surface area contributed by atoms with Crippen molar-refractivity contribution >= 4 is 11.8 Å². The molecule has 0 amide bonds. The first-order chi connectivity index (χ1) is 10.6. The minimum atomic E-state index is -0.622. The molecule has 114 valence electrons. The van der Waals surface area contributed by atoms with Gasteiger partial charge in [0.2, 0.25) is 0 Å². The Bertz CT molecular complexity index is 684. The molecule has 0 aliphatic heterocycles. The van der Waals surface area contributed by atoms with Crippen molar-refractivity contribution in [2.45, 2.75) is 13.8 Å². The molecule has 6 nitrogen and oxygen atoms in total. The Kier molecular flexibility index (Phi) is 5.08. The van der Waals surface area contributed by atoms with Crippen molar-refractivity contribution in [1.82, 2.24) is 0 Å². The van der Waals surface area contributed by atoms with Crippen LogP contribution in [0.5, 0.6) is 5.75 Å². The van der Waals surface area contributed by atoms with Crippen molar-refractivity contribution < 1.29 is 19.4 Å². The molecule has 0 aliphatic rings. The van der Waals surface area contributed by atoms with Crippen molar-refractivity contribution in [3.8, 4) is 5.75 Å². The van der Waals surface area contributed by atoms with E-state index in [2.05, 4.69) is 10.1 Å². The number of oxime groups is 1. The van der Waals surface area contributed by atoms with Crippen molar-refractivity contribution in [3.05, 3.63) is 59.4 Å². The number of hydrogen-bond acceptors (Lipinski definition) is 4. The third-order valence-electron chi connectivity index (χ3n) is 2.94. The molecule has 0 radical (unpaired) electrons. The van der Waals surface area contributed by atoms with Crippen molar-refractivity contribution in [2.75, 3.05) is 6.61 Å². The molecule has 2 aromatic rings. The van der Waals surface area contributed by atoms with Gasteiger partial charge in [-0.2, -0.15) is 0 Å². The number of nitrogens with two attached hydrogens (primary N) is 1. The molecule has 0 spiro atoms. The Morgan fingerprint density at radius 2 is 2.14 bits per heavy atom. The summed E-state index contributed by atoms with van der Waals surface area (Å²) in [5.74, 6) is 0.132. The van der Waals surface area contributed by atoms with Gasteiger partial charge in [-0.3, -0.25) is 0 Å². The summed E-state index contributed by atoms with van der Waals surface area (Å²) >= 11 is 0. The molecule has 0 fully saturated rings. The van der Waals surface area contributed by atoms with E-state index >= 15 is 0 Å². The number of rotatable bonds is 5. The predicted octanol–water partition coefficient (Wildman–Crippen LogP) is 1.36. The van der Waals surface area contributed by atoms with Gasteiger partial charge in [0.1, 0.15) is 5.75 Å². The molecule has 0 saturated heterocycles. The van der Waals surface area contributed by atoms with Crippen LogP contribution in [0.4, 0.5) is 0 Å². The summed E-state index contributed by atoms with van der Waals surface area (Å²) < 4.78 is 5.43. The van der Waals surface area contributed by atoms with Gasteiger partial charge in [-0.1, -0.05) is 17.3 Å². The van der Waals surface area contributed by atoms with Crippen molar-refractivity contribution in [2.24, 2.45) is 10.9 Å². The first-order valence-electron chi connectivity index (χ1n) is 6.76. The molecule has 3 N–H and O–H groups in total. The largest absolute Gasteiger partial charge is 0.482 e. The first-order valence-corrected chi connectivity index (χ1v) is 6.76. The highest BCUT2D eigenvalue weighted by Gasteiger charge is 2.08. The molecule has 1 aromatic carbocycles. The molecule has 0 unspecified atom stereocenters. The second-order valence-corrected chi connectivity index (χ2v) is 4.79. The van der Waals surface area contributed by atoms with Gasteiger partial charge in [0, 0.05) is 6.07 Å². The molecule has 0 saturated carbocycles. The van der Waals surface area contributed by atoms with Crippen LogP contribution in [-0.2, 0) is 9.63 Å². The van der Waals surface area contributed by atoms with E-state index < -0.39 is 5.97 Å². The van der Waals surface area contributed by atoms with Crippen LogP contribution < -0.4 is 15.5 Å². The summed E-state index contributed by atoms with van der Waals surface area (Å²) in [5.41, 5.74) is 8.33. The lowest BCUT2D eigenvalue weighted by Gasteiger charge is -2.08. The van der Waals surface area contributed by atoms with Crippen LogP contribution in [0.2, 0.25) is 0 Å². The lowest BCUT2D eigenvalue weighted by molar-refractivity contribution is -0.378. The normalized spacial score (nSPS) is 11.1. The van der Waals surface area contributed by atoms with E-state index in [-0.39, 0.29) is 12.4 Å². The molecule has 2 rings (SSSR count). The van der Waals surface area contributed by atoms with Crippen LogP contribution >= 0.6 is 0 Å². The van der Waals surface area contributed by atoms with Crippen LogP contribution in [0.1, 0.15) is 16.7 Å². The minimum Gasteiger partial charge on any atom is -0.482 e. The molecule has 1 heterocycles. The standard InChI is InChI=1S/C16H17N3O3/c1-11-5-6-12(2)14(8-11)21-10-15(20)22-19-16(17)13-4-3-7-18-9-13/h3-9H,10H2,1-2H3,(H2,17,19)/p+1. The van der Waals surface area contributed by atoms with Crippen LogP contribution in [0, 0.1) is 13.8 Å². The number of carbonyl (C=O) groups excluding carboxylic acids is 1. The number of ether oxygens (including phenoxy) is 1. The Labute approximate surface area is 128 Å². The lowest BCUT2D eigenvalue weighted by Crippen LogP contribution is -2.19. The number of benzene rings is 1. The first kappa shape index (κ1) is 15.5. The van der Waals surface area contributed by atoms with E-state index in [9.17, 15) is 4.79 Å². The quantitative estimate of drug-likeness (QED) is 0.391. The van der Waals surface area contributed by atoms with E-state index in [1.54, 1.807) is 24.5 Å². The molecular formula is C16H18N3O3+. The number of nitrogens with one attached hydrogen (secondary N) is 1. The average Bonchev–Trinajstić information content (AvgIpc) is 2.54. The molecule has 0 atom stereocenters. The number of amidine groups is 1. The Hall–Kier alpha value is -2.89. The maximum atomic E-state index is 11.6. The highest BCUT2D eigenvalue weighted by molar-refractivity contribution is 5.96. The number of aromatic nitrogens is 1. The third-order valence-corrected chi connectivity index (χ3v) is 2.94. The lowest BCUT2D eigenvalue weighted by atomic mass is 10.1. The highest BCUT2D eigenvalue weighted by atomic mass is 16.7. The topological polar surface area (TPSA) is 88.0 Å². The van der Waals surface area contributed by atoms with Gasteiger partial charge in [0.15, 0.2) is 24.8 Å². The minimum absolute atomic E-state index is 0.108. The predicted molar refractivity (Wildman–Crippen MR) is 81.2 cm³/mol. The molecule has 0 bridgehead atoms. The zero-order valence-electron chi connectivity index (χ0n) is 12.5. The molecule has 6 heteroatoms. The SMILES string of the molecule is Cc1ccc(C)c(OCC(=O)ON=C(N)c2ccc[nH+]c2)c1. The number of H-pyrrole nitrogens is 1. The number of aromatic amines is 1. The van der Waals surface area contributed by atoms with E-state index in [4.69, 9.17) is 15.3 Å². The highest BCUT2D eigenvalue weighted by Crippen LogP contribution is 2.18. The third kappa shape index (κ3) is 4.31. The van der Waals surface area contributed by atoms with Gasteiger partial charge < -0.3 is 15.3 Å². The van der Waals surface area contributed by atoms with Crippen LogP contribution in [0.15, 0.2) is 47.9 Å². The summed E-state index contributed by atoms with van der Waals surface area (Å²) in [6.45, 7) is 3.62. The summed E-state index contributed by atoms with van der Waals surface area (Å²) in [7, 11) is 0. The summed E-state index contributed by atoms with van der Waals surface area (Å²) in [4.78, 5) is 19.2. The van der Waals surface area contributed by atoms with E-state index in [0.717, 1.165) is 11.1 Å². The fourth-order valence-electron chi connectivity index (χ4n) is 1.73. The van der Waals surface area contributed by atoms with Gasteiger partial charge >= 0.3 is 5.97 Å². The number of pyridine rings is 1. The van der Waals surface area contributed by atoms with Crippen LogP contribution in [-0.4, -0.2) is 18.4 Å². The van der Waals surface area contributed by atoms with Gasteiger partial charge in [-0.25, -0.2) is 9.78 Å². The van der Waals surface area contributed by atoms with Gasteiger partial charge in [0.05, 0.1) is 5.56 Å². The summed E-state index contributed by atoms with van der Waals surface area (Å²) in [5, 5.41) is 3.59. The number of nitrogens with zero attached hydrogens (tertiary/aromatic N) is 1. The van der Waals surface area contributed by atoms with E-state index in [0.29, 0.717) is 11.3 Å². The zero-order chi connectivity index (χ0) is 15.9. The zero-order valence-corrected chi connectivity index (χ0v) is 12.5. The second-order valence-electron chi connectivity index (χ2n) is 4.79. The Balaban J connectivity index is 1.89. The number of aryl methyl sites for hydroxylation is 2. The maximum absolute atomic E-state index is 11.6. The van der Waals surface area contributed by atoms with Gasteiger partial charge in [0.25, 0.3) is 0 Å². The number of hydrogen-bond donors (Lipinski definition) is 1. The fourth-order valence-corrected chi connectivity index (χ4v) is 1.73. The summed E-state index contributed by atoms with van der Waals surface area (Å²) in [6.07, 6.45) is 3.39. The Morgan fingerprint density at radius 1 is 1.32 bits per heavy atom. The fraction of sp³-hybridized carbons (Fsp3) is 0.188. The van der Waals surface area contributed by atoms with E-state index in [1.165, 1.54) is 0 Å². The molecule has 1 aromatic heterocycles. The van der Waals surface area contributed by atoms with Gasteiger partial charge in [-0.15, -0.1) is 0 Å². The van der Waals surface area contributed by atoms with Crippen molar-refractivity contribution in [3.63, 3.8) is 0 Å². The average molecular weight is 300 g/mol. The second kappa shape index (κ2) is 7.21. The van der Waals surface area contributed by atoms with Crippen LogP contribution in [0.25, 0.3) is 0 Å². The molecule has 0 aliphatic carbocycles. The van der Waals surface area contributed by atoms with E-state index in [1.807, 2.05) is 32.0 Å². The molecule has 22 heavy (non-hydrogen) atoms. The number of carbonyl (C=O) groups is 1. The Morgan fingerprint density at radius 3 is 2.86 bits per heavy atom.